The van der Waals surface area contributed by atoms with Gasteiger partial charge >= 0.3 is 11.9 Å². The van der Waals surface area contributed by atoms with Crippen molar-refractivity contribution >= 4 is 34.7 Å². The van der Waals surface area contributed by atoms with E-state index in [0.29, 0.717) is 10.9 Å². The number of carbonyl (C=O) groups excluding carboxylic acids is 3. The molecule has 0 unspecified atom stereocenters. The standard InChI is InChI=1S/C31H27F3N2O5S/c1-3-40-30(38)25-18(23-10-7-13-42-23)15-22-26(28(25)37)24(17-8-5-6-9-19(17)33)27(31(39)41-4-2)29(35)36(22)21-12-11-16(32)14-20(21)34/h5-14,18,24-25H,3-4,15,35H2,1-2H3/t18-,24-,25-/m0/s1. The summed E-state index contributed by atoms with van der Waals surface area (Å²) in [6.07, 6.45) is -0.0242. The maximum absolute atomic E-state index is 15.5. The van der Waals surface area contributed by atoms with Crippen LogP contribution >= 0.6 is 11.3 Å². The second-order valence-electron chi connectivity index (χ2n) is 9.69. The number of anilines is 1. The molecule has 0 saturated carbocycles. The molecule has 0 amide bonds. The molecule has 42 heavy (non-hydrogen) atoms. The molecule has 3 aromatic rings. The fourth-order valence-electron chi connectivity index (χ4n) is 5.67. The SMILES string of the molecule is CCOC(=O)C1=C(N)N(c2ccc(F)cc2F)C2=C(C(=O)[C@@H](C(=O)OCC)[C@H](c3cccs3)C2)[C@@H]1c1ccccc1F. The molecule has 2 heterocycles. The number of allylic oxidation sites excluding steroid dienone is 2. The maximum atomic E-state index is 15.5. The van der Waals surface area contributed by atoms with Crippen molar-refractivity contribution in [1.29, 1.82) is 0 Å². The molecule has 0 bridgehead atoms. The first kappa shape index (κ1) is 29.1. The fourth-order valence-corrected chi connectivity index (χ4v) is 6.53. The topological polar surface area (TPSA) is 98.9 Å². The van der Waals surface area contributed by atoms with Gasteiger partial charge in [0.25, 0.3) is 0 Å². The predicted octanol–water partition coefficient (Wildman–Crippen LogP) is 5.69. The van der Waals surface area contributed by atoms with Gasteiger partial charge in [0, 0.05) is 33.7 Å². The van der Waals surface area contributed by atoms with Crippen LogP contribution < -0.4 is 10.6 Å². The molecule has 3 atom stereocenters. The predicted molar refractivity (Wildman–Crippen MR) is 150 cm³/mol. The van der Waals surface area contributed by atoms with Crippen molar-refractivity contribution in [1.82, 2.24) is 0 Å². The van der Waals surface area contributed by atoms with E-state index in [2.05, 4.69) is 0 Å². The highest BCUT2D eigenvalue weighted by molar-refractivity contribution is 7.10. The van der Waals surface area contributed by atoms with Gasteiger partial charge in [-0.2, -0.15) is 0 Å². The Morgan fingerprint density at radius 1 is 1.00 bits per heavy atom. The van der Waals surface area contributed by atoms with Crippen LogP contribution in [0, 0.1) is 23.4 Å². The number of hydrogen-bond donors (Lipinski definition) is 1. The summed E-state index contributed by atoms with van der Waals surface area (Å²) in [5.41, 5.74) is 6.06. The summed E-state index contributed by atoms with van der Waals surface area (Å²) in [4.78, 5) is 43.2. The van der Waals surface area contributed by atoms with E-state index in [9.17, 15) is 18.8 Å². The van der Waals surface area contributed by atoms with Gasteiger partial charge in [-0.25, -0.2) is 18.0 Å². The quantitative estimate of drug-likeness (QED) is 0.276. The molecule has 218 valence electrons. The number of nitrogens with zero attached hydrogens (tertiary/aromatic N) is 1. The number of hydrogen-bond acceptors (Lipinski definition) is 8. The summed E-state index contributed by atoms with van der Waals surface area (Å²) in [5.74, 6) is -8.80. The number of nitrogens with two attached hydrogens (primary N) is 1. The van der Waals surface area contributed by atoms with Crippen molar-refractivity contribution in [3.05, 3.63) is 111 Å². The molecule has 1 aromatic heterocycles. The van der Waals surface area contributed by atoms with E-state index in [1.54, 1.807) is 31.4 Å². The highest BCUT2D eigenvalue weighted by Crippen LogP contribution is 2.52. The van der Waals surface area contributed by atoms with E-state index in [4.69, 9.17) is 15.2 Å². The van der Waals surface area contributed by atoms with Gasteiger partial charge in [0.2, 0.25) is 0 Å². The minimum absolute atomic E-state index is 0.0102. The minimum atomic E-state index is -1.38. The summed E-state index contributed by atoms with van der Waals surface area (Å²) in [7, 11) is 0. The van der Waals surface area contributed by atoms with Crippen LogP contribution in [0.25, 0.3) is 0 Å². The summed E-state index contributed by atoms with van der Waals surface area (Å²) < 4.78 is 55.4. The lowest BCUT2D eigenvalue weighted by molar-refractivity contribution is -0.152. The van der Waals surface area contributed by atoms with Crippen LogP contribution in [-0.2, 0) is 23.9 Å². The summed E-state index contributed by atoms with van der Waals surface area (Å²) in [6.45, 7) is 3.11. The van der Waals surface area contributed by atoms with Gasteiger partial charge in [-0.1, -0.05) is 24.3 Å². The lowest BCUT2D eigenvalue weighted by Gasteiger charge is -2.43. The Balaban J connectivity index is 1.85. The minimum Gasteiger partial charge on any atom is -0.465 e. The van der Waals surface area contributed by atoms with Gasteiger partial charge in [0.05, 0.1) is 30.4 Å². The zero-order valence-corrected chi connectivity index (χ0v) is 23.6. The third-order valence-corrected chi connectivity index (χ3v) is 8.35. The number of rotatable bonds is 7. The molecule has 2 aromatic carbocycles. The number of benzene rings is 2. The molecule has 11 heteroatoms. The van der Waals surface area contributed by atoms with E-state index in [-0.39, 0.29) is 53.5 Å². The van der Waals surface area contributed by atoms with E-state index >= 15 is 8.78 Å². The molecule has 1 aliphatic carbocycles. The Morgan fingerprint density at radius 3 is 2.38 bits per heavy atom. The Hall–Kier alpha value is -4.38. The Morgan fingerprint density at radius 2 is 1.74 bits per heavy atom. The second-order valence-corrected chi connectivity index (χ2v) is 10.7. The molecule has 2 aliphatic rings. The van der Waals surface area contributed by atoms with Gasteiger partial charge in [-0.3, -0.25) is 14.5 Å². The van der Waals surface area contributed by atoms with Crippen molar-refractivity contribution < 1.29 is 37.0 Å². The van der Waals surface area contributed by atoms with Crippen molar-refractivity contribution in [2.45, 2.75) is 32.1 Å². The molecule has 1 aliphatic heterocycles. The Kier molecular flexibility index (Phi) is 8.22. The van der Waals surface area contributed by atoms with Gasteiger partial charge in [-0.15, -0.1) is 11.3 Å². The lowest BCUT2D eigenvalue weighted by Crippen LogP contribution is -2.46. The monoisotopic (exact) mass is 596 g/mol. The zero-order valence-electron chi connectivity index (χ0n) is 22.7. The average molecular weight is 597 g/mol. The van der Waals surface area contributed by atoms with Crippen LogP contribution in [0.3, 0.4) is 0 Å². The van der Waals surface area contributed by atoms with Crippen LogP contribution in [0.4, 0.5) is 18.9 Å². The molecule has 0 spiro atoms. The first-order chi connectivity index (χ1) is 20.2. The van der Waals surface area contributed by atoms with Crippen LogP contribution in [0.2, 0.25) is 0 Å². The first-order valence-electron chi connectivity index (χ1n) is 13.3. The number of thiophene rings is 1. The third-order valence-electron chi connectivity index (χ3n) is 7.35. The van der Waals surface area contributed by atoms with E-state index in [1.807, 2.05) is 0 Å². The number of halogens is 3. The highest BCUT2D eigenvalue weighted by atomic mass is 32.1. The van der Waals surface area contributed by atoms with Gasteiger partial charge < -0.3 is 15.2 Å². The second kappa shape index (κ2) is 11.8. The summed E-state index contributed by atoms with van der Waals surface area (Å²) in [6, 6.07) is 11.9. The molecular formula is C31H27F3N2O5S. The molecule has 2 N–H and O–H groups in total. The molecule has 0 saturated heterocycles. The largest absolute Gasteiger partial charge is 0.465 e. The number of esters is 2. The zero-order chi connectivity index (χ0) is 30.1. The van der Waals surface area contributed by atoms with Gasteiger partial charge in [-0.05, 0) is 49.9 Å². The number of carbonyl (C=O) groups is 3. The molecule has 7 nitrogen and oxygen atoms in total. The number of Topliss-reactive ketones (excluding diaryl/α,β-unsaturated/α-hetero) is 1. The molecule has 5 rings (SSSR count). The van der Waals surface area contributed by atoms with Crippen molar-refractivity contribution in [3.8, 4) is 0 Å². The van der Waals surface area contributed by atoms with Crippen LogP contribution in [0.1, 0.15) is 42.5 Å². The molecular weight excluding hydrogens is 569 g/mol. The average Bonchev–Trinajstić information content (AvgIpc) is 3.49. The van der Waals surface area contributed by atoms with E-state index < -0.39 is 52.9 Å². The first-order valence-corrected chi connectivity index (χ1v) is 14.2. The Labute approximate surface area is 244 Å². The van der Waals surface area contributed by atoms with Crippen LogP contribution in [0.5, 0.6) is 0 Å². The van der Waals surface area contributed by atoms with E-state index in [0.717, 1.165) is 12.1 Å². The maximum Gasteiger partial charge on any atom is 0.338 e. The van der Waals surface area contributed by atoms with Crippen molar-refractivity contribution in [3.63, 3.8) is 0 Å². The van der Waals surface area contributed by atoms with Gasteiger partial charge in [0.15, 0.2) is 5.78 Å². The van der Waals surface area contributed by atoms with Crippen molar-refractivity contribution in [2.75, 3.05) is 18.1 Å². The number of ether oxygens (including phenoxy) is 2. The van der Waals surface area contributed by atoms with Crippen LogP contribution in [-0.4, -0.2) is 30.9 Å². The summed E-state index contributed by atoms with van der Waals surface area (Å²) in [5, 5.41) is 1.79. The normalized spacial score (nSPS) is 20.5. The number of ketones is 1. The van der Waals surface area contributed by atoms with Crippen molar-refractivity contribution in [2.24, 2.45) is 11.7 Å². The Bertz CT molecular complexity index is 1620. The van der Waals surface area contributed by atoms with Gasteiger partial charge in [0.1, 0.15) is 29.2 Å². The highest BCUT2D eigenvalue weighted by Gasteiger charge is 2.52. The molecule has 0 fully saturated rings. The van der Waals surface area contributed by atoms with Crippen LogP contribution in [0.15, 0.2) is 82.6 Å². The van der Waals surface area contributed by atoms with E-state index in [1.165, 1.54) is 40.5 Å². The summed E-state index contributed by atoms with van der Waals surface area (Å²) >= 11 is 1.32. The third kappa shape index (κ3) is 4.98. The lowest BCUT2D eigenvalue weighted by atomic mass is 9.68. The smallest absolute Gasteiger partial charge is 0.338 e. The molecule has 0 radical (unpaired) electrons. The fraction of sp³-hybridized carbons (Fsp3) is 0.258.